The van der Waals surface area contributed by atoms with Crippen LogP contribution in [0.15, 0.2) is 12.2 Å². The second kappa shape index (κ2) is 26.3. The zero-order valence-electron chi connectivity index (χ0n) is 25.0. The largest absolute Gasteiger partial charge is 0.550 e. The number of hydrogen-bond acceptors (Lipinski definition) is 4. The molecule has 0 unspecified atom stereocenters. The van der Waals surface area contributed by atoms with E-state index in [9.17, 15) is 19.5 Å². The van der Waals surface area contributed by atoms with Crippen LogP contribution < -0.4 is 5.11 Å². The van der Waals surface area contributed by atoms with Gasteiger partial charge in [0, 0.05) is 12.4 Å². The number of unbranched alkanes of at least 4 members (excludes halogenated alkanes) is 17. The van der Waals surface area contributed by atoms with Crippen molar-refractivity contribution in [3.8, 4) is 0 Å². The number of carboxylic acid groups (broad SMARTS) is 3. The van der Waals surface area contributed by atoms with Crippen LogP contribution in [0, 0.1) is 0 Å². The normalized spacial score (nSPS) is 11.8. The van der Waals surface area contributed by atoms with Gasteiger partial charge in [0.1, 0.15) is 0 Å². The lowest BCUT2D eigenvalue weighted by Crippen LogP contribution is -2.53. The highest BCUT2D eigenvalue weighted by Crippen LogP contribution is 2.17. The second-order valence-corrected chi connectivity index (χ2v) is 11.4. The van der Waals surface area contributed by atoms with Gasteiger partial charge in [-0.3, -0.25) is 9.59 Å². The molecule has 0 aliphatic carbocycles. The number of carbonyl (C=O) groups excluding carboxylic acids is 1. The Morgan fingerprint density at radius 3 is 1.28 bits per heavy atom. The zero-order chi connectivity index (χ0) is 29.0. The van der Waals surface area contributed by atoms with E-state index in [2.05, 4.69) is 19.1 Å². The first-order chi connectivity index (χ1) is 18.8. The molecule has 0 heterocycles. The maximum atomic E-state index is 11.1. The maximum Gasteiger partial charge on any atom is 0.309 e. The molecule has 0 aromatic heterocycles. The number of quaternary nitrogens is 1. The number of carbonyl (C=O) groups is 3. The van der Waals surface area contributed by atoms with E-state index >= 15 is 0 Å². The van der Waals surface area contributed by atoms with E-state index in [4.69, 9.17) is 10.2 Å². The van der Waals surface area contributed by atoms with Crippen molar-refractivity contribution in [1.82, 2.24) is 0 Å². The van der Waals surface area contributed by atoms with Crippen molar-refractivity contribution in [2.45, 2.75) is 148 Å². The lowest BCUT2D eigenvalue weighted by molar-refractivity contribution is -0.927. The third-order valence-corrected chi connectivity index (χ3v) is 7.77. The van der Waals surface area contributed by atoms with Crippen LogP contribution in [0.3, 0.4) is 0 Å². The molecule has 0 aliphatic rings. The van der Waals surface area contributed by atoms with E-state index in [1.807, 2.05) is 0 Å². The Labute approximate surface area is 238 Å². The van der Waals surface area contributed by atoms with Gasteiger partial charge >= 0.3 is 11.9 Å². The second-order valence-electron chi connectivity index (χ2n) is 11.4. The van der Waals surface area contributed by atoms with Crippen LogP contribution in [0.25, 0.3) is 0 Å². The van der Waals surface area contributed by atoms with Crippen LogP contribution in [0.1, 0.15) is 148 Å². The first-order valence-electron chi connectivity index (χ1n) is 15.9. The average Bonchev–Trinajstić information content (AvgIpc) is 2.90. The standard InChI is InChI=1S/C32H59NO6/c1-2-3-4-5-6-7-8-9-10-11-12-13-14-15-16-17-18-19-20-21-22-26-33(27-23-30(34)35,28-24-31(36)37)29-25-32(38)39/h4-5H,2-3,6-29H2,1H3,(H2-,34,35,36,37,38,39)/b5-4+. The molecule has 0 radical (unpaired) electrons. The van der Waals surface area contributed by atoms with Gasteiger partial charge in [-0.1, -0.05) is 109 Å². The Balaban J connectivity index is 3.84. The quantitative estimate of drug-likeness (QED) is 0.0569. The molecule has 0 atom stereocenters. The summed E-state index contributed by atoms with van der Waals surface area (Å²) in [6.07, 6.45) is 28.2. The molecule has 0 rings (SSSR count). The molecule has 0 aromatic carbocycles. The molecule has 0 saturated heterocycles. The molecule has 0 fully saturated rings. The Bertz CT molecular complexity index is 603. The van der Waals surface area contributed by atoms with Crippen molar-refractivity contribution in [3.05, 3.63) is 12.2 Å². The molecule has 7 heteroatoms. The highest BCUT2D eigenvalue weighted by atomic mass is 16.4. The number of hydrogen-bond donors (Lipinski definition) is 2. The number of carboxylic acids is 3. The zero-order valence-corrected chi connectivity index (χ0v) is 25.0. The number of nitrogens with zero attached hydrogens (tertiary/aromatic N) is 1. The number of allylic oxidation sites excluding steroid dienone is 2. The monoisotopic (exact) mass is 553 g/mol. The molecule has 0 amide bonds. The van der Waals surface area contributed by atoms with Gasteiger partial charge in [0.25, 0.3) is 0 Å². The molecule has 2 N–H and O–H groups in total. The molecule has 0 aromatic rings. The molecule has 0 aliphatic heterocycles. The molecular weight excluding hydrogens is 494 g/mol. The summed E-state index contributed by atoms with van der Waals surface area (Å²) >= 11 is 0. The van der Waals surface area contributed by atoms with Gasteiger partial charge in [-0.25, -0.2) is 0 Å². The fourth-order valence-electron chi connectivity index (χ4n) is 5.25. The van der Waals surface area contributed by atoms with Crippen LogP contribution >= 0.6 is 0 Å². The van der Waals surface area contributed by atoms with Crippen LogP contribution in [0.5, 0.6) is 0 Å². The lowest BCUT2D eigenvalue weighted by atomic mass is 10.0. The van der Waals surface area contributed by atoms with Gasteiger partial charge in [0.15, 0.2) is 0 Å². The summed E-state index contributed by atoms with van der Waals surface area (Å²) in [4.78, 5) is 33.3. The van der Waals surface area contributed by atoms with E-state index < -0.39 is 17.9 Å². The molecule has 228 valence electrons. The van der Waals surface area contributed by atoms with Crippen LogP contribution in [-0.4, -0.2) is 58.8 Å². The molecular formula is C32H59NO6. The molecule has 0 bridgehead atoms. The summed E-state index contributed by atoms with van der Waals surface area (Å²) < 4.78 is 0.225. The highest BCUT2D eigenvalue weighted by Gasteiger charge is 2.28. The highest BCUT2D eigenvalue weighted by molar-refractivity contribution is 5.67. The topological polar surface area (TPSA) is 115 Å². The number of rotatable bonds is 30. The molecule has 0 spiro atoms. The Hall–Kier alpha value is -1.89. The maximum absolute atomic E-state index is 11.1. The third-order valence-electron chi connectivity index (χ3n) is 7.77. The number of aliphatic carboxylic acids is 3. The van der Waals surface area contributed by atoms with Gasteiger partial charge in [-0.15, -0.1) is 0 Å². The lowest BCUT2D eigenvalue weighted by Gasteiger charge is -2.38. The van der Waals surface area contributed by atoms with E-state index in [0.29, 0.717) is 6.54 Å². The fraction of sp³-hybridized carbons (Fsp3) is 0.844. The summed E-state index contributed by atoms with van der Waals surface area (Å²) in [6.45, 7) is 3.57. The molecule has 39 heavy (non-hydrogen) atoms. The van der Waals surface area contributed by atoms with Crippen molar-refractivity contribution in [1.29, 1.82) is 0 Å². The van der Waals surface area contributed by atoms with Crippen LogP contribution in [0.2, 0.25) is 0 Å². The first-order valence-corrected chi connectivity index (χ1v) is 15.9. The van der Waals surface area contributed by atoms with Gasteiger partial charge < -0.3 is 24.6 Å². The summed E-state index contributed by atoms with van der Waals surface area (Å²) in [5, 5.41) is 29.3. The Morgan fingerprint density at radius 2 is 0.897 bits per heavy atom. The molecule has 0 saturated carbocycles. The van der Waals surface area contributed by atoms with E-state index in [1.165, 1.54) is 103 Å². The smallest absolute Gasteiger partial charge is 0.309 e. The van der Waals surface area contributed by atoms with Crippen LogP contribution in [0.4, 0.5) is 0 Å². The van der Waals surface area contributed by atoms with Gasteiger partial charge in [-0.05, 0) is 32.1 Å². The summed E-state index contributed by atoms with van der Waals surface area (Å²) in [5.74, 6) is -3.07. The van der Waals surface area contributed by atoms with Crippen molar-refractivity contribution >= 4 is 17.9 Å². The van der Waals surface area contributed by atoms with E-state index in [-0.39, 0.29) is 43.4 Å². The average molecular weight is 554 g/mol. The minimum absolute atomic E-state index is 0.0933. The summed E-state index contributed by atoms with van der Waals surface area (Å²) in [6, 6.07) is 0. The van der Waals surface area contributed by atoms with Crippen molar-refractivity contribution in [3.63, 3.8) is 0 Å². The molecule has 7 nitrogen and oxygen atoms in total. The van der Waals surface area contributed by atoms with E-state index in [1.54, 1.807) is 0 Å². The minimum atomic E-state index is -1.18. The van der Waals surface area contributed by atoms with Gasteiger partial charge in [0.2, 0.25) is 0 Å². The summed E-state index contributed by atoms with van der Waals surface area (Å²) in [7, 11) is 0. The Kier molecular flexibility index (Phi) is 25.1. The summed E-state index contributed by atoms with van der Waals surface area (Å²) in [5.41, 5.74) is 0. The fourth-order valence-corrected chi connectivity index (χ4v) is 5.25. The Morgan fingerprint density at radius 1 is 0.538 bits per heavy atom. The predicted octanol–water partition coefficient (Wildman–Crippen LogP) is 6.88. The van der Waals surface area contributed by atoms with Crippen molar-refractivity contribution in [2.75, 3.05) is 26.2 Å². The van der Waals surface area contributed by atoms with Gasteiger partial charge in [0.05, 0.1) is 39.0 Å². The third kappa shape index (κ3) is 26.1. The van der Waals surface area contributed by atoms with Crippen molar-refractivity contribution < 1.29 is 34.2 Å². The minimum Gasteiger partial charge on any atom is -0.550 e. The van der Waals surface area contributed by atoms with Crippen molar-refractivity contribution in [2.24, 2.45) is 0 Å². The SMILES string of the molecule is CCC/C=C/CCCCCCCCCCCCCCCCCC[N+](CCC(=O)[O-])(CCC(=O)O)CCC(=O)O. The van der Waals surface area contributed by atoms with Crippen LogP contribution in [-0.2, 0) is 14.4 Å². The first kappa shape index (κ1) is 37.1. The van der Waals surface area contributed by atoms with E-state index in [0.717, 1.165) is 19.3 Å². The predicted molar refractivity (Wildman–Crippen MR) is 156 cm³/mol. The van der Waals surface area contributed by atoms with Gasteiger partial charge in [-0.2, -0.15) is 0 Å².